The van der Waals surface area contributed by atoms with Gasteiger partial charge < -0.3 is 9.47 Å². The van der Waals surface area contributed by atoms with Crippen LogP contribution >= 0.6 is 15.9 Å². The lowest BCUT2D eigenvalue weighted by atomic mass is 10.2. The van der Waals surface area contributed by atoms with Crippen molar-refractivity contribution in [1.29, 1.82) is 0 Å². The summed E-state index contributed by atoms with van der Waals surface area (Å²) in [6, 6.07) is 19.4. The molecular weight excluding hydrogens is 362 g/mol. The van der Waals surface area contributed by atoms with Crippen LogP contribution in [0.3, 0.4) is 0 Å². The lowest BCUT2D eigenvalue weighted by molar-refractivity contribution is 0.249. The highest BCUT2D eigenvalue weighted by molar-refractivity contribution is 9.10. The van der Waals surface area contributed by atoms with Crippen molar-refractivity contribution in [2.45, 2.75) is 6.54 Å². The Kier molecular flexibility index (Phi) is 4.58. The topological polar surface area (TPSA) is 11.4 Å². The molecule has 0 aliphatic carbocycles. The van der Waals surface area contributed by atoms with Crippen LogP contribution < -0.4 is 4.90 Å². The average molecular weight is 384 g/mol. The number of halogens is 1. The molecule has 2 heterocycles. The molecule has 0 saturated carbocycles. The van der Waals surface area contributed by atoms with E-state index in [-0.39, 0.29) is 0 Å². The summed E-state index contributed by atoms with van der Waals surface area (Å²) in [6.07, 6.45) is 2.21. The summed E-state index contributed by atoms with van der Waals surface area (Å²) < 4.78 is 3.51. The van der Waals surface area contributed by atoms with Gasteiger partial charge >= 0.3 is 0 Å². The molecule has 124 valence electrons. The van der Waals surface area contributed by atoms with Crippen molar-refractivity contribution >= 4 is 32.5 Å². The lowest BCUT2D eigenvalue weighted by Gasteiger charge is -2.36. The molecule has 2 aromatic carbocycles. The Bertz CT molecular complexity index is 804. The van der Waals surface area contributed by atoms with Crippen LogP contribution in [0.2, 0.25) is 0 Å². The highest BCUT2D eigenvalue weighted by Gasteiger charge is 2.16. The molecule has 3 nitrogen and oxygen atoms in total. The molecular formula is C20H22BrN3. The van der Waals surface area contributed by atoms with Gasteiger partial charge in [-0.15, -0.1) is 0 Å². The standard InChI is InChI=1S/C20H22BrN3/c21-18-7-6-17-8-9-24(20(17)16-18)15-12-22-10-13-23(14-11-22)19-4-2-1-3-5-19/h1-9,16H,10-15H2. The number of aromatic nitrogens is 1. The molecule has 1 saturated heterocycles. The Morgan fingerprint density at radius 2 is 1.62 bits per heavy atom. The summed E-state index contributed by atoms with van der Waals surface area (Å²) in [5.74, 6) is 0. The SMILES string of the molecule is Brc1ccc2ccn(CCN3CCN(c4ccccc4)CC3)c2c1. The minimum Gasteiger partial charge on any atom is -0.369 e. The number of benzene rings is 2. The molecule has 1 aliphatic heterocycles. The van der Waals surface area contributed by atoms with E-state index in [0.717, 1.165) is 43.7 Å². The van der Waals surface area contributed by atoms with Crippen LogP contribution in [-0.4, -0.2) is 42.2 Å². The van der Waals surface area contributed by atoms with Crippen LogP contribution in [-0.2, 0) is 6.54 Å². The van der Waals surface area contributed by atoms with Crippen LogP contribution in [0, 0.1) is 0 Å². The van der Waals surface area contributed by atoms with E-state index in [1.165, 1.54) is 16.6 Å². The molecule has 0 unspecified atom stereocenters. The number of fused-ring (bicyclic) bond motifs is 1. The van der Waals surface area contributed by atoms with Gasteiger partial charge in [0.2, 0.25) is 0 Å². The number of rotatable bonds is 4. The third kappa shape index (κ3) is 3.35. The van der Waals surface area contributed by atoms with Gasteiger partial charge in [-0.05, 0) is 35.7 Å². The van der Waals surface area contributed by atoms with Crippen LogP contribution in [0.15, 0.2) is 65.3 Å². The van der Waals surface area contributed by atoms with Gasteiger partial charge in [0.25, 0.3) is 0 Å². The molecule has 0 spiro atoms. The first-order valence-corrected chi connectivity index (χ1v) is 9.36. The van der Waals surface area contributed by atoms with E-state index in [4.69, 9.17) is 0 Å². The van der Waals surface area contributed by atoms with Gasteiger partial charge in [0.1, 0.15) is 0 Å². The first kappa shape index (κ1) is 15.7. The first-order chi connectivity index (χ1) is 11.8. The zero-order chi connectivity index (χ0) is 16.4. The van der Waals surface area contributed by atoms with Crippen molar-refractivity contribution in [3.8, 4) is 0 Å². The zero-order valence-corrected chi connectivity index (χ0v) is 15.3. The number of anilines is 1. The fraction of sp³-hybridized carbons (Fsp3) is 0.300. The van der Waals surface area contributed by atoms with Gasteiger partial charge in [-0.3, -0.25) is 4.90 Å². The van der Waals surface area contributed by atoms with Crippen molar-refractivity contribution < 1.29 is 0 Å². The third-order valence-electron chi connectivity index (χ3n) is 4.89. The normalized spacial score (nSPS) is 16.0. The Labute approximate surface area is 151 Å². The second-order valence-electron chi connectivity index (χ2n) is 6.38. The van der Waals surface area contributed by atoms with E-state index in [0.29, 0.717) is 0 Å². The van der Waals surface area contributed by atoms with E-state index in [2.05, 4.69) is 91.1 Å². The summed E-state index contributed by atoms with van der Waals surface area (Å²) in [4.78, 5) is 5.06. The molecule has 3 aromatic rings. The van der Waals surface area contributed by atoms with Crippen molar-refractivity contribution in [1.82, 2.24) is 9.47 Å². The molecule has 4 rings (SSSR count). The van der Waals surface area contributed by atoms with Crippen molar-refractivity contribution in [2.75, 3.05) is 37.6 Å². The van der Waals surface area contributed by atoms with Crippen LogP contribution in [0.1, 0.15) is 0 Å². The second kappa shape index (κ2) is 6.99. The number of nitrogens with zero attached hydrogens (tertiary/aromatic N) is 3. The predicted molar refractivity (Wildman–Crippen MR) is 105 cm³/mol. The maximum atomic E-state index is 3.58. The quantitative estimate of drug-likeness (QED) is 0.667. The fourth-order valence-electron chi connectivity index (χ4n) is 3.47. The highest BCUT2D eigenvalue weighted by Crippen LogP contribution is 2.21. The molecule has 0 amide bonds. The maximum absolute atomic E-state index is 3.58. The minimum atomic E-state index is 1.05. The smallest absolute Gasteiger partial charge is 0.0492 e. The lowest BCUT2D eigenvalue weighted by Crippen LogP contribution is -2.47. The maximum Gasteiger partial charge on any atom is 0.0492 e. The van der Waals surface area contributed by atoms with E-state index in [1.807, 2.05) is 0 Å². The van der Waals surface area contributed by atoms with Gasteiger partial charge in [-0.25, -0.2) is 0 Å². The Morgan fingerprint density at radius 1 is 0.833 bits per heavy atom. The number of hydrogen-bond acceptors (Lipinski definition) is 2. The van der Waals surface area contributed by atoms with Gasteiger partial charge in [-0.2, -0.15) is 0 Å². The molecule has 0 atom stereocenters. The predicted octanol–water partition coefficient (Wildman–Crippen LogP) is 4.23. The average Bonchev–Trinajstić information content (AvgIpc) is 3.03. The number of hydrogen-bond donors (Lipinski definition) is 0. The Hall–Kier alpha value is -1.78. The molecule has 1 aliphatic rings. The number of piperazine rings is 1. The summed E-state index contributed by atoms with van der Waals surface area (Å²) >= 11 is 3.58. The van der Waals surface area contributed by atoms with E-state index in [1.54, 1.807) is 0 Å². The molecule has 0 radical (unpaired) electrons. The Morgan fingerprint density at radius 3 is 2.42 bits per heavy atom. The van der Waals surface area contributed by atoms with E-state index < -0.39 is 0 Å². The Balaban J connectivity index is 1.35. The van der Waals surface area contributed by atoms with Crippen LogP contribution in [0.25, 0.3) is 10.9 Å². The van der Waals surface area contributed by atoms with Gasteiger partial charge in [-0.1, -0.05) is 40.2 Å². The molecule has 0 bridgehead atoms. The van der Waals surface area contributed by atoms with Crippen LogP contribution in [0.4, 0.5) is 5.69 Å². The zero-order valence-electron chi connectivity index (χ0n) is 13.7. The third-order valence-corrected chi connectivity index (χ3v) is 5.38. The molecule has 0 N–H and O–H groups in total. The highest BCUT2D eigenvalue weighted by atomic mass is 79.9. The molecule has 4 heteroatoms. The summed E-state index contributed by atoms with van der Waals surface area (Å²) in [7, 11) is 0. The van der Waals surface area contributed by atoms with Crippen molar-refractivity contribution in [3.05, 3.63) is 65.3 Å². The second-order valence-corrected chi connectivity index (χ2v) is 7.29. The largest absolute Gasteiger partial charge is 0.369 e. The van der Waals surface area contributed by atoms with E-state index in [9.17, 15) is 0 Å². The van der Waals surface area contributed by atoms with Crippen molar-refractivity contribution in [2.24, 2.45) is 0 Å². The van der Waals surface area contributed by atoms with Crippen LogP contribution in [0.5, 0.6) is 0 Å². The van der Waals surface area contributed by atoms with E-state index >= 15 is 0 Å². The summed E-state index contributed by atoms with van der Waals surface area (Å²) in [5, 5.41) is 1.31. The van der Waals surface area contributed by atoms with Crippen molar-refractivity contribution in [3.63, 3.8) is 0 Å². The first-order valence-electron chi connectivity index (χ1n) is 8.56. The monoisotopic (exact) mass is 383 g/mol. The minimum absolute atomic E-state index is 1.05. The van der Waals surface area contributed by atoms with Gasteiger partial charge in [0.05, 0.1) is 0 Å². The molecule has 24 heavy (non-hydrogen) atoms. The van der Waals surface area contributed by atoms with Gasteiger partial charge in [0.15, 0.2) is 0 Å². The molecule has 1 fully saturated rings. The van der Waals surface area contributed by atoms with Gasteiger partial charge in [0, 0.05) is 61.1 Å². The summed E-state index contributed by atoms with van der Waals surface area (Å²) in [5.41, 5.74) is 2.66. The number of para-hydroxylation sites is 1. The molecule has 1 aromatic heterocycles. The summed E-state index contributed by atoms with van der Waals surface area (Å²) in [6.45, 7) is 6.66. The fourth-order valence-corrected chi connectivity index (χ4v) is 3.82.